The summed E-state index contributed by atoms with van der Waals surface area (Å²) in [5.74, 6) is -0.483. The van der Waals surface area contributed by atoms with Crippen LogP contribution in [-0.2, 0) is 6.18 Å². The van der Waals surface area contributed by atoms with E-state index in [1.54, 1.807) is 6.08 Å². The van der Waals surface area contributed by atoms with E-state index in [0.717, 1.165) is 12.1 Å². The Labute approximate surface area is 90.0 Å². The third kappa shape index (κ3) is 3.27. The SMILES string of the molecule is Fc1cc(C(F)(F)F)ccc1C=CCS. The van der Waals surface area contributed by atoms with Crippen molar-refractivity contribution in [2.75, 3.05) is 5.75 Å². The highest BCUT2D eigenvalue weighted by atomic mass is 32.1. The van der Waals surface area contributed by atoms with Crippen molar-refractivity contribution < 1.29 is 17.6 Å². The van der Waals surface area contributed by atoms with Crippen LogP contribution in [0.25, 0.3) is 6.08 Å². The van der Waals surface area contributed by atoms with Crippen LogP contribution >= 0.6 is 12.6 Å². The molecule has 0 bridgehead atoms. The van der Waals surface area contributed by atoms with Gasteiger partial charge in [0.15, 0.2) is 0 Å². The number of hydrogen-bond donors (Lipinski definition) is 1. The molecule has 15 heavy (non-hydrogen) atoms. The van der Waals surface area contributed by atoms with Crippen molar-refractivity contribution >= 4 is 18.7 Å². The van der Waals surface area contributed by atoms with E-state index >= 15 is 0 Å². The monoisotopic (exact) mass is 236 g/mol. The zero-order chi connectivity index (χ0) is 11.5. The molecule has 0 aromatic heterocycles. The molecule has 0 amide bonds. The molecule has 1 aromatic rings. The molecule has 0 atom stereocenters. The van der Waals surface area contributed by atoms with Gasteiger partial charge in [-0.15, -0.1) is 0 Å². The maximum Gasteiger partial charge on any atom is 0.416 e. The summed E-state index contributed by atoms with van der Waals surface area (Å²) in [4.78, 5) is 0. The van der Waals surface area contributed by atoms with Gasteiger partial charge < -0.3 is 0 Å². The molecule has 0 radical (unpaired) electrons. The topological polar surface area (TPSA) is 0 Å². The lowest BCUT2D eigenvalue weighted by molar-refractivity contribution is -0.137. The smallest absolute Gasteiger partial charge is 0.206 e. The fraction of sp³-hybridized carbons (Fsp3) is 0.200. The summed E-state index contributed by atoms with van der Waals surface area (Å²) in [7, 11) is 0. The van der Waals surface area contributed by atoms with Crippen LogP contribution in [0, 0.1) is 5.82 Å². The van der Waals surface area contributed by atoms with Gasteiger partial charge in [0, 0.05) is 11.3 Å². The number of thiol groups is 1. The molecular weight excluding hydrogens is 228 g/mol. The van der Waals surface area contributed by atoms with Crippen molar-refractivity contribution in [3.63, 3.8) is 0 Å². The largest absolute Gasteiger partial charge is 0.416 e. The van der Waals surface area contributed by atoms with Gasteiger partial charge in [-0.2, -0.15) is 25.8 Å². The van der Waals surface area contributed by atoms with Gasteiger partial charge in [-0.3, -0.25) is 0 Å². The van der Waals surface area contributed by atoms with Crippen LogP contribution in [-0.4, -0.2) is 5.75 Å². The molecule has 0 aliphatic rings. The fourth-order valence-corrected chi connectivity index (χ4v) is 1.12. The summed E-state index contributed by atoms with van der Waals surface area (Å²) >= 11 is 3.86. The average Bonchev–Trinajstić information content (AvgIpc) is 2.14. The lowest BCUT2D eigenvalue weighted by Gasteiger charge is -2.07. The van der Waals surface area contributed by atoms with Crippen LogP contribution in [0.4, 0.5) is 17.6 Å². The van der Waals surface area contributed by atoms with Crippen LogP contribution in [0.2, 0.25) is 0 Å². The maximum absolute atomic E-state index is 13.1. The normalized spacial score (nSPS) is 12.3. The van der Waals surface area contributed by atoms with Crippen molar-refractivity contribution in [2.45, 2.75) is 6.18 Å². The van der Waals surface area contributed by atoms with E-state index < -0.39 is 17.6 Å². The molecule has 0 aliphatic carbocycles. The van der Waals surface area contributed by atoms with Crippen molar-refractivity contribution in [3.05, 3.63) is 41.2 Å². The van der Waals surface area contributed by atoms with Crippen LogP contribution in [0.5, 0.6) is 0 Å². The Balaban J connectivity index is 3.04. The minimum Gasteiger partial charge on any atom is -0.206 e. The number of halogens is 4. The molecule has 1 aromatic carbocycles. The van der Waals surface area contributed by atoms with E-state index in [1.165, 1.54) is 6.08 Å². The highest BCUT2D eigenvalue weighted by Gasteiger charge is 2.30. The molecule has 0 saturated heterocycles. The zero-order valence-corrected chi connectivity index (χ0v) is 8.45. The van der Waals surface area contributed by atoms with Gasteiger partial charge in [0.25, 0.3) is 0 Å². The maximum atomic E-state index is 13.1. The Morgan fingerprint density at radius 2 is 1.93 bits per heavy atom. The van der Waals surface area contributed by atoms with Crippen molar-refractivity contribution in [1.29, 1.82) is 0 Å². The first-order valence-corrected chi connectivity index (χ1v) is 4.72. The first kappa shape index (κ1) is 12.1. The van der Waals surface area contributed by atoms with E-state index in [9.17, 15) is 17.6 Å². The van der Waals surface area contributed by atoms with Gasteiger partial charge in [0.1, 0.15) is 5.82 Å². The number of benzene rings is 1. The number of hydrogen-bond acceptors (Lipinski definition) is 1. The quantitative estimate of drug-likeness (QED) is 0.586. The minimum atomic E-state index is -4.51. The molecule has 82 valence electrons. The Morgan fingerprint density at radius 1 is 1.27 bits per heavy atom. The predicted molar refractivity (Wildman–Crippen MR) is 54.3 cm³/mol. The molecule has 0 aliphatic heterocycles. The Morgan fingerprint density at radius 3 is 2.40 bits per heavy atom. The summed E-state index contributed by atoms with van der Waals surface area (Å²) in [6, 6.07) is 2.43. The van der Waals surface area contributed by atoms with Gasteiger partial charge in [0.05, 0.1) is 5.56 Å². The molecule has 0 fully saturated rings. The van der Waals surface area contributed by atoms with Gasteiger partial charge >= 0.3 is 6.18 Å². The van der Waals surface area contributed by atoms with Crippen molar-refractivity contribution in [2.24, 2.45) is 0 Å². The van der Waals surface area contributed by atoms with Crippen molar-refractivity contribution in [3.8, 4) is 0 Å². The third-order valence-electron chi connectivity index (χ3n) is 1.73. The standard InChI is InChI=1S/C10H8F4S/c11-9-6-8(10(12,13)14)4-3-7(9)2-1-5-15/h1-4,6,15H,5H2. The zero-order valence-electron chi connectivity index (χ0n) is 7.55. The van der Waals surface area contributed by atoms with Gasteiger partial charge in [-0.05, 0) is 12.1 Å². The highest BCUT2D eigenvalue weighted by Crippen LogP contribution is 2.30. The summed E-state index contributed by atoms with van der Waals surface area (Å²) < 4.78 is 49.6. The molecule has 0 unspecified atom stereocenters. The second kappa shape index (κ2) is 4.70. The van der Waals surface area contributed by atoms with Crippen LogP contribution in [0.1, 0.15) is 11.1 Å². The van der Waals surface area contributed by atoms with Gasteiger partial charge in [-0.1, -0.05) is 18.2 Å². The second-order valence-electron chi connectivity index (χ2n) is 2.82. The molecule has 0 spiro atoms. The Bertz CT molecular complexity index is 368. The molecule has 0 saturated carbocycles. The summed E-state index contributed by atoms with van der Waals surface area (Å²) in [5, 5.41) is 0. The summed E-state index contributed by atoms with van der Waals surface area (Å²) in [6.45, 7) is 0. The van der Waals surface area contributed by atoms with E-state index in [-0.39, 0.29) is 5.56 Å². The molecule has 0 nitrogen and oxygen atoms in total. The Kier molecular flexibility index (Phi) is 3.79. The van der Waals surface area contributed by atoms with E-state index in [4.69, 9.17) is 0 Å². The van der Waals surface area contributed by atoms with Crippen LogP contribution in [0.15, 0.2) is 24.3 Å². The first-order chi connectivity index (χ1) is 6.95. The molecular formula is C10H8F4S. The molecule has 0 N–H and O–H groups in total. The third-order valence-corrected chi connectivity index (χ3v) is 1.94. The summed E-state index contributed by atoms with van der Waals surface area (Å²) in [6.07, 6.45) is -1.57. The van der Waals surface area contributed by atoms with E-state index in [1.807, 2.05) is 0 Å². The van der Waals surface area contributed by atoms with Gasteiger partial charge in [0.2, 0.25) is 0 Å². The highest BCUT2D eigenvalue weighted by molar-refractivity contribution is 7.80. The minimum absolute atomic E-state index is 0.122. The van der Waals surface area contributed by atoms with Gasteiger partial charge in [-0.25, -0.2) is 4.39 Å². The molecule has 0 heterocycles. The average molecular weight is 236 g/mol. The predicted octanol–water partition coefficient (Wildman–Crippen LogP) is 3.79. The fourth-order valence-electron chi connectivity index (χ4n) is 1.02. The first-order valence-electron chi connectivity index (χ1n) is 4.09. The number of rotatable bonds is 2. The second-order valence-corrected chi connectivity index (χ2v) is 3.18. The van der Waals surface area contributed by atoms with Crippen molar-refractivity contribution in [1.82, 2.24) is 0 Å². The molecule has 1 rings (SSSR count). The van der Waals surface area contributed by atoms with Crippen LogP contribution < -0.4 is 0 Å². The lowest BCUT2D eigenvalue weighted by atomic mass is 10.1. The molecule has 5 heteroatoms. The lowest BCUT2D eigenvalue weighted by Crippen LogP contribution is -2.05. The number of alkyl halides is 3. The Hall–Kier alpha value is -0.970. The van der Waals surface area contributed by atoms with Crippen LogP contribution in [0.3, 0.4) is 0 Å². The van der Waals surface area contributed by atoms with E-state index in [2.05, 4.69) is 12.6 Å². The van der Waals surface area contributed by atoms with E-state index in [0.29, 0.717) is 11.8 Å². The summed E-state index contributed by atoms with van der Waals surface area (Å²) in [5.41, 5.74) is -0.861.